The molecule has 0 unspecified atom stereocenters. The Hall–Kier alpha value is -2.10. The zero-order valence-corrected chi connectivity index (χ0v) is 12.5. The van der Waals surface area contributed by atoms with Gasteiger partial charge in [-0.05, 0) is 24.6 Å². The molecule has 0 radical (unpaired) electrons. The summed E-state index contributed by atoms with van der Waals surface area (Å²) in [4.78, 5) is 10.9. The van der Waals surface area contributed by atoms with Crippen LogP contribution in [0.2, 0.25) is 0 Å². The van der Waals surface area contributed by atoms with Crippen molar-refractivity contribution in [3.8, 4) is 11.5 Å². The Kier molecular flexibility index (Phi) is 6.86. The highest BCUT2D eigenvalue weighted by Crippen LogP contribution is 2.35. The van der Waals surface area contributed by atoms with Crippen LogP contribution in [0.25, 0.3) is 5.57 Å². The third-order valence-corrected chi connectivity index (χ3v) is 2.18. The van der Waals surface area contributed by atoms with E-state index < -0.39 is 16.4 Å². The van der Waals surface area contributed by atoms with Crippen molar-refractivity contribution in [2.75, 3.05) is 14.2 Å². The predicted octanol–water partition coefficient (Wildman–Crippen LogP) is 1.78. The van der Waals surface area contributed by atoms with Gasteiger partial charge in [0, 0.05) is 0 Å². The highest BCUT2D eigenvalue weighted by molar-refractivity contribution is 7.79. The Bertz CT molecular complexity index is 600. The molecule has 0 saturated heterocycles. The van der Waals surface area contributed by atoms with Crippen LogP contribution in [-0.4, -0.2) is 42.8 Å². The van der Waals surface area contributed by atoms with Crippen LogP contribution in [0.5, 0.6) is 11.5 Å². The maximum absolute atomic E-state index is 10.9. The largest absolute Gasteiger partial charge is 0.496 e. The molecule has 1 aromatic carbocycles. The van der Waals surface area contributed by atoms with E-state index in [2.05, 4.69) is 6.58 Å². The van der Waals surface area contributed by atoms with Gasteiger partial charge in [-0.25, -0.2) is 4.79 Å². The molecule has 21 heavy (non-hydrogen) atoms. The quantitative estimate of drug-likeness (QED) is 0.716. The molecule has 1 rings (SSSR count). The van der Waals surface area contributed by atoms with Gasteiger partial charge < -0.3 is 14.6 Å². The second-order valence-corrected chi connectivity index (χ2v) is 4.68. The summed E-state index contributed by atoms with van der Waals surface area (Å²) in [7, 11) is -1.71. The number of methoxy groups -OCH3 is 2. The van der Waals surface area contributed by atoms with Crippen molar-refractivity contribution in [3.05, 3.63) is 29.8 Å². The third kappa shape index (κ3) is 6.75. The van der Waals surface area contributed by atoms with Gasteiger partial charge in [0.05, 0.1) is 25.3 Å². The second-order valence-electron chi connectivity index (χ2n) is 3.79. The first-order valence-electron chi connectivity index (χ1n) is 5.36. The van der Waals surface area contributed by atoms with E-state index in [0.29, 0.717) is 17.1 Å². The number of hydrogen-bond acceptors (Lipinski definition) is 5. The zero-order chi connectivity index (χ0) is 16.8. The molecule has 0 amide bonds. The van der Waals surface area contributed by atoms with Gasteiger partial charge in [0.15, 0.2) is 0 Å². The van der Waals surface area contributed by atoms with E-state index in [1.54, 1.807) is 6.92 Å². The lowest BCUT2D eigenvalue weighted by Crippen LogP contribution is -2.01. The monoisotopic (exact) mass is 320 g/mol. The van der Waals surface area contributed by atoms with Crippen molar-refractivity contribution >= 4 is 21.9 Å². The van der Waals surface area contributed by atoms with Crippen molar-refractivity contribution in [1.29, 1.82) is 0 Å². The topological polar surface area (TPSA) is 130 Å². The Balaban J connectivity index is 0.000000690. The van der Waals surface area contributed by atoms with Crippen LogP contribution in [0.15, 0.2) is 18.7 Å². The van der Waals surface area contributed by atoms with Crippen LogP contribution in [-0.2, 0) is 10.4 Å². The van der Waals surface area contributed by atoms with Gasteiger partial charge in [-0.2, -0.15) is 8.42 Å². The van der Waals surface area contributed by atoms with Crippen molar-refractivity contribution in [2.45, 2.75) is 6.92 Å². The Morgan fingerprint density at radius 1 is 1.14 bits per heavy atom. The molecule has 9 heteroatoms. The lowest BCUT2D eigenvalue weighted by atomic mass is 10.0. The number of hydrogen-bond donors (Lipinski definition) is 3. The molecule has 0 saturated carbocycles. The maximum atomic E-state index is 10.9. The Morgan fingerprint density at radius 3 is 1.67 bits per heavy atom. The molecule has 8 nitrogen and oxygen atoms in total. The molecule has 0 fully saturated rings. The standard InChI is InChI=1S/C12H14O4.H2O4S/c1-7(2)11-9(15-3)5-8(12(13)14)6-10(11)16-4;1-5(2,3)4/h5-6H,1H2,2-4H3,(H,13,14);(H2,1,2,3,4). The van der Waals surface area contributed by atoms with E-state index in [4.69, 9.17) is 32.1 Å². The third-order valence-electron chi connectivity index (χ3n) is 2.18. The number of allylic oxidation sites excluding steroid dienone is 1. The number of carboxylic acids is 1. The summed E-state index contributed by atoms with van der Waals surface area (Å²) in [6, 6.07) is 2.91. The van der Waals surface area contributed by atoms with Crippen LogP contribution in [0.4, 0.5) is 0 Å². The summed E-state index contributed by atoms with van der Waals surface area (Å²) in [5.41, 5.74) is 1.57. The normalized spacial score (nSPS) is 10.1. The fourth-order valence-electron chi connectivity index (χ4n) is 1.46. The first kappa shape index (κ1) is 18.9. The van der Waals surface area contributed by atoms with Crippen molar-refractivity contribution < 1.29 is 36.9 Å². The zero-order valence-electron chi connectivity index (χ0n) is 11.7. The summed E-state index contributed by atoms with van der Waals surface area (Å²) in [6.07, 6.45) is 0. The lowest BCUT2D eigenvalue weighted by molar-refractivity contribution is 0.0696. The molecule has 0 heterocycles. The van der Waals surface area contributed by atoms with Gasteiger partial charge in [0.2, 0.25) is 0 Å². The van der Waals surface area contributed by atoms with E-state index >= 15 is 0 Å². The van der Waals surface area contributed by atoms with Crippen LogP contribution in [0.3, 0.4) is 0 Å². The Labute approximate surface area is 122 Å². The highest BCUT2D eigenvalue weighted by atomic mass is 32.3. The second kappa shape index (κ2) is 7.62. The van der Waals surface area contributed by atoms with Gasteiger partial charge in [-0.3, -0.25) is 9.11 Å². The van der Waals surface area contributed by atoms with E-state index in [-0.39, 0.29) is 5.56 Å². The molecule has 0 aliphatic heterocycles. The van der Waals surface area contributed by atoms with Crippen LogP contribution in [0.1, 0.15) is 22.8 Å². The molecule has 0 aromatic heterocycles. The van der Waals surface area contributed by atoms with Gasteiger partial charge in [0.1, 0.15) is 11.5 Å². The summed E-state index contributed by atoms with van der Waals surface area (Å²) >= 11 is 0. The van der Waals surface area contributed by atoms with E-state index in [1.807, 2.05) is 0 Å². The number of benzene rings is 1. The number of carbonyl (C=O) groups is 1. The Morgan fingerprint density at radius 2 is 1.48 bits per heavy atom. The molecule has 118 valence electrons. The summed E-state index contributed by atoms with van der Waals surface area (Å²) in [5.74, 6) is -0.127. The first-order chi connectivity index (χ1) is 9.51. The summed E-state index contributed by atoms with van der Waals surface area (Å²) in [6.45, 7) is 5.62. The SMILES string of the molecule is C=C(C)c1c(OC)cc(C(=O)O)cc1OC.O=S(=O)(O)O. The molecule has 3 N–H and O–H groups in total. The number of carboxylic acid groups (broad SMARTS) is 1. The summed E-state index contributed by atoms with van der Waals surface area (Å²) in [5, 5.41) is 8.92. The average molecular weight is 320 g/mol. The van der Waals surface area contributed by atoms with Crippen molar-refractivity contribution in [3.63, 3.8) is 0 Å². The number of rotatable bonds is 4. The molecular formula is C12H16O8S. The average Bonchev–Trinajstić information content (AvgIpc) is 2.34. The molecule has 0 spiro atoms. The van der Waals surface area contributed by atoms with Gasteiger partial charge >= 0.3 is 16.4 Å². The van der Waals surface area contributed by atoms with Crippen LogP contribution >= 0.6 is 0 Å². The summed E-state index contributed by atoms with van der Waals surface area (Å²) < 4.78 is 41.9. The van der Waals surface area contributed by atoms with Gasteiger partial charge in [-0.15, -0.1) is 0 Å². The molecular weight excluding hydrogens is 304 g/mol. The minimum absolute atomic E-state index is 0.124. The number of aromatic carboxylic acids is 1. The minimum atomic E-state index is -4.67. The molecule has 0 atom stereocenters. The lowest BCUT2D eigenvalue weighted by Gasteiger charge is -2.14. The highest BCUT2D eigenvalue weighted by Gasteiger charge is 2.15. The minimum Gasteiger partial charge on any atom is -0.496 e. The fourth-order valence-corrected chi connectivity index (χ4v) is 1.46. The molecule has 0 aliphatic carbocycles. The maximum Gasteiger partial charge on any atom is 0.394 e. The van der Waals surface area contributed by atoms with Crippen molar-refractivity contribution in [1.82, 2.24) is 0 Å². The van der Waals surface area contributed by atoms with Gasteiger partial charge in [0.25, 0.3) is 0 Å². The van der Waals surface area contributed by atoms with E-state index in [1.165, 1.54) is 26.4 Å². The first-order valence-corrected chi connectivity index (χ1v) is 6.76. The van der Waals surface area contributed by atoms with Gasteiger partial charge in [-0.1, -0.05) is 6.58 Å². The molecule has 1 aromatic rings. The van der Waals surface area contributed by atoms with Crippen LogP contribution < -0.4 is 9.47 Å². The fraction of sp³-hybridized carbons (Fsp3) is 0.250. The van der Waals surface area contributed by atoms with Crippen molar-refractivity contribution in [2.24, 2.45) is 0 Å². The molecule has 0 aliphatic rings. The van der Waals surface area contributed by atoms with E-state index in [0.717, 1.165) is 5.57 Å². The predicted molar refractivity (Wildman–Crippen MR) is 75.4 cm³/mol. The van der Waals surface area contributed by atoms with Crippen LogP contribution in [0, 0.1) is 0 Å². The van der Waals surface area contributed by atoms with E-state index in [9.17, 15) is 4.79 Å². The molecule has 0 bridgehead atoms. The smallest absolute Gasteiger partial charge is 0.394 e. The number of ether oxygens (including phenoxy) is 2.